The number of hydrogen-bond acceptors (Lipinski definition) is 2. The van der Waals surface area contributed by atoms with Gasteiger partial charge in [-0.2, -0.15) is 0 Å². The van der Waals surface area contributed by atoms with Gasteiger partial charge < -0.3 is 8.97 Å². The minimum Gasteiger partial charge on any atom is -0.309 e. The Hall–Kier alpha value is -8.02. The molecule has 0 aliphatic carbocycles. The number of rotatable bonds is 3. The average Bonchev–Trinajstić information content (AvgIpc) is 4.03. The van der Waals surface area contributed by atoms with Gasteiger partial charge in [0.1, 0.15) is 0 Å². The van der Waals surface area contributed by atoms with Crippen molar-refractivity contribution < 1.29 is 0 Å². The largest absolute Gasteiger partial charge is 0.309 e. The highest BCUT2D eigenvalue weighted by atomic mass is 15.2. The molecular formula is C54H31N5. The lowest BCUT2D eigenvalue weighted by Gasteiger charge is -2.13. The molecular weight excluding hydrogens is 719 g/mol. The molecule has 14 aromatic rings. The van der Waals surface area contributed by atoms with E-state index in [0.717, 1.165) is 49.9 Å². The summed E-state index contributed by atoms with van der Waals surface area (Å²) in [5.74, 6) is 0.653. The van der Waals surface area contributed by atoms with E-state index in [9.17, 15) is 0 Å². The average molecular weight is 750 g/mol. The van der Waals surface area contributed by atoms with Crippen LogP contribution < -0.4 is 0 Å². The lowest BCUT2D eigenvalue weighted by atomic mass is 10.00. The summed E-state index contributed by atoms with van der Waals surface area (Å²) >= 11 is 0. The van der Waals surface area contributed by atoms with Crippen LogP contribution in [0.2, 0.25) is 0 Å². The van der Waals surface area contributed by atoms with Crippen LogP contribution in [0.1, 0.15) is 0 Å². The maximum Gasteiger partial charge on any atom is 0.235 e. The molecule has 0 unspecified atom stereocenters. The Morgan fingerprint density at radius 3 is 1.81 bits per heavy atom. The molecule has 0 saturated carbocycles. The van der Waals surface area contributed by atoms with E-state index in [1.807, 2.05) is 0 Å². The van der Waals surface area contributed by atoms with Gasteiger partial charge in [-0.15, -0.1) is 0 Å². The van der Waals surface area contributed by atoms with E-state index in [1.54, 1.807) is 0 Å². The SMILES string of the molecule is c1ccc(-n2c3ccccc3c3c(-c4nc(-n5c6ccccc6c6c7c8ccc9ccccc9c8n8c9ccccc9c(cc65)c78)nc5ccccc45)cccc32)cc1. The third-order valence-electron chi connectivity index (χ3n) is 12.7. The maximum atomic E-state index is 5.67. The van der Waals surface area contributed by atoms with Gasteiger partial charge in [0.25, 0.3) is 0 Å². The Balaban J connectivity index is 1.14. The van der Waals surface area contributed by atoms with Gasteiger partial charge in [-0.05, 0) is 53.9 Å². The molecule has 9 aromatic carbocycles. The van der Waals surface area contributed by atoms with Gasteiger partial charge in [-0.3, -0.25) is 4.57 Å². The normalized spacial score (nSPS) is 12.4. The van der Waals surface area contributed by atoms with E-state index in [-0.39, 0.29) is 0 Å². The summed E-state index contributed by atoms with van der Waals surface area (Å²) in [6.07, 6.45) is 0. The first-order valence-corrected chi connectivity index (χ1v) is 20.2. The highest BCUT2D eigenvalue weighted by Gasteiger charge is 2.26. The lowest BCUT2D eigenvalue weighted by Crippen LogP contribution is -2.03. The van der Waals surface area contributed by atoms with Crippen LogP contribution in [-0.2, 0) is 0 Å². The van der Waals surface area contributed by atoms with Crippen LogP contribution in [0.25, 0.3) is 126 Å². The van der Waals surface area contributed by atoms with Crippen LogP contribution in [0, 0.1) is 0 Å². The van der Waals surface area contributed by atoms with Gasteiger partial charge >= 0.3 is 0 Å². The summed E-state index contributed by atoms with van der Waals surface area (Å²) in [5, 5.41) is 13.3. The smallest absolute Gasteiger partial charge is 0.235 e. The van der Waals surface area contributed by atoms with Crippen LogP contribution in [-0.4, -0.2) is 23.5 Å². The van der Waals surface area contributed by atoms with Crippen molar-refractivity contribution >= 4 is 103 Å². The Kier molecular flexibility index (Phi) is 5.96. The number of fused-ring (bicyclic) bond motifs is 16. The summed E-state index contributed by atoms with van der Waals surface area (Å²) in [6.45, 7) is 0. The first-order valence-electron chi connectivity index (χ1n) is 20.2. The molecule has 14 rings (SSSR count). The van der Waals surface area contributed by atoms with Crippen LogP contribution in [0.4, 0.5) is 0 Å². The summed E-state index contributed by atoms with van der Waals surface area (Å²) in [6, 6.07) is 67.9. The molecule has 0 saturated heterocycles. The fourth-order valence-corrected chi connectivity index (χ4v) is 10.4. The molecule has 272 valence electrons. The first kappa shape index (κ1) is 31.1. The van der Waals surface area contributed by atoms with Crippen molar-refractivity contribution in [3.05, 3.63) is 188 Å². The monoisotopic (exact) mass is 749 g/mol. The van der Waals surface area contributed by atoms with Crippen molar-refractivity contribution in [1.29, 1.82) is 0 Å². The summed E-state index contributed by atoms with van der Waals surface area (Å²) in [7, 11) is 0. The number of nitrogens with zero attached hydrogens (tertiary/aromatic N) is 5. The molecule has 0 bridgehead atoms. The van der Waals surface area contributed by atoms with Crippen molar-refractivity contribution in [1.82, 2.24) is 23.5 Å². The third-order valence-corrected chi connectivity index (χ3v) is 12.7. The predicted octanol–water partition coefficient (Wildman–Crippen LogP) is 13.8. The summed E-state index contributed by atoms with van der Waals surface area (Å²) in [5.41, 5.74) is 12.2. The predicted molar refractivity (Wildman–Crippen MR) is 246 cm³/mol. The van der Waals surface area contributed by atoms with E-state index in [2.05, 4.69) is 202 Å². The van der Waals surface area contributed by atoms with Crippen molar-refractivity contribution in [2.75, 3.05) is 0 Å². The molecule has 0 atom stereocenters. The Morgan fingerprint density at radius 2 is 0.983 bits per heavy atom. The molecule has 59 heavy (non-hydrogen) atoms. The lowest BCUT2D eigenvalue weighted by molar-refractivity contribution is 1.01. The number of benzene rings is 9. The van der Waals surface area contributed by atoms with Gasteiger partial charge in [-0.25, -0.2) is 9.97 Å². The van der Waals surface area contributed by atoms with Gasteiger partial charge in [0.05, 0.1) is 49.8 Å². The zero-order chi connectivity index (χ0) is 38.3. The first-order chi connectivity index (χ1) is 29.3. The van der Waals surface area contributed by atoms with E-state index in [4.69, 9.17) is 9.97 Å². The zero-order valence-electron chi connectivity index (χ0n) is 31.6. The number of para-hydroxylation sites is 5. The summed E-state index contributed by atoms with van der Waals surface area (Å²) in [4.78, 5) is 11.1. The van der Waals surface area contributed by atoms with Gasteiger partial charge in [0.2, 0.25) is 5.95 Å². The minimum atomic E-state index is 0.653. The Bertz CT molecular complexity index is 4070. The van der Waals surface area contributed by atoms with Gasteiger partial charge in [0, 0.05) is 65.1 Å². The fourth-order valence-electron chi connectivity index (χ4n) is 10.4. The molecule has 0 spiro atoms. The van der Waals surface area contributed by atoms with Crippen LogP contribution in [0.5, 0.6) is 0 Å². The molecule has 0 fully saturated rings. The van der Waals surface area contributed by atoms with Crippen molar-refractivity contribution in [3.63, 3.8) is 0 Å². The summed E-state index contributed by atoms with van der Waals surface area (Å²) < 4.78 is 7.20. The van der Waals surface area contributed by atoms with Crippen LogP contribution >= 0.6 is 0 Å². The van der Waals surface area contributed by atoms with E-state index in [0.29, 0.717) is 5.95 Å². The molecule has 0 N–H and O–H groups in total. The molecule has 5 heteroatoms. The zero-order valence-corrected chi connectivity index (χ0v) is 31.6. The second-order valence-corrected chi connectivity index (χ2v) is 15.7. The van der Waals surface area contributed by atoms with Crippen LogP contribution in [0.15, 0.2) is 188 Å². The van der Waals surface area contributed by atoms with Crippen molar-refractivity contribution in [3.8, 4) is 22.9 Å². The molecule has 0 amide bonds. The van der Waals surface area contributed by atoms with E-state index >= 15 is 0 Å². The quantitative estimate of drug-likeness (QED) is 0.180. The molecule has 0 aliphatic heterocycles. The molecule has 0 aliphatic rings. The topological polar surface area (TPSA) is 40.0 Å². The van der Waals surface area contributed by atoms with Crippen LogP contribution in [0.3, 0.4) is 0 Å². The molecule has 0 radical (unpaired) electrons. The van der Waals surface area contributed by atoms with Gasteiger partial charge in [-0.1, -0.05) is 140 Å². The second-order valence-electron chi connectivity index (χ2n) is 15.7. The highest BCUT2D eigenvalue weighted by molar-refractivity contribution is 6.37. The maximum absolute atomic E-state index is 5.67. The molecule has 5 aromatic heterocycles. The van der Waals surface area contributed by atoms with E-state index < -0.39 is 0 Å². The standard InChI is InChI=1S/C54H31N5/c1-2-16-33(17-3-1)57-44-26-12-8-21-37(44)48-39(23-14-28-46(48)57)51-36-20-6-10-24-42(36)55-54(56-51)58-45-27-13-9-22-38(45)49-47(58)31-41-35-19-7-11-25-43(35)59-52-34-18-5-4-15-32(34)29-30-40(52)50(49)53(41)59/h1-31H. The van der Waals surface area contributed by atoms with Crippen molar-refractivity contribution in [2.24, 2.45) is 0 Å². The van der Waals surface area contributed by atoms with Gasteiger partial charge in [0.15, 0.2) is 0 Å². The molecule has 5 heterocycles. The minimum absolute atomic E-state index is 0.653. The number of hydrogen-bond donors (Lipinski definition) is 0. The second kappa shape index (κ2) is 11.3. The third kappa shape index (κ3) is 3.98. The Morgan fingerprint density at radius 1 is 0.339 bits per heavy atom. The molecule has 5 nitrogen and oxygen atoms in total. The van der Waals surface area contributed by atoms with Crippen molar-refractivity contribution in [2.45, 2.75) is 0 Å². The highest BCUT2D eigenvalue weighted by Crippen LogP contribution is 2.48. The number of aromatic nitrogens is 5. The van der Waals surface area contributed by atoms with E-state index in [1.165, 1.54) is 70.4 Å². The Labute approximate surface area is 336 Å². The fraction of sp³-hybridized carbons (Fsp3) is 0.